The molecule has 3 amide bonds. The van der Waals surface area contributed by atoms with Crippen LogP contribution >= 0.6 is 0 Å². The number of aliphatic carboxylic acids is 2. The minimum Gasteiger partial charge on any atom is -0.481 e. The van der Waals surface area contributed by atoms with Gasteiger partial charge in [-0.25, -0.2) is 4.79 Å². The first-order valence-corrected chi connectivity index (χ1v) is 12.2. The van der Waals surface area contributed by atoms with Gasteiger partial charge in [0.2, 0.25) is 17.7 Å². The summed E-state index contributed by atoms with van der Waals surface area (Å²) < 4.78 is 0. The normalized spacial score (nSPS) is 16.2. The van der Waals surface area contributed by atoms with Gasteiger partial charge in [-0.05, 0) is 37.6 Å². The molecule has 6 unspecified atom stereocenters. The molecule has 35 heavy (non-hydrogen) atoms. The van der Waals surface area contributed by atoms with Crippen LogP contribution in [-0.4, -0.2) is 70.6 Å². The predicted molar refractivity (Wildman–Crippen MR) is 130 cm³/mol. The largest absolute Gasteiger partial charge is 0.481 e. The van der Waals surface area contributed by atoms with Gasteiger partial charge in [-0.3, -0.25) is 19.2 Å². The van der Waals surface area contributed by atoms with Crippen molar-refractivity contribution in [3.05, 3.63) is 0 Å². The van der Waals surface area contributed by atoms with Gasteiger partial charge in [0.05, 0.1) is 6.04 Å². The van der Waals surface area contributed by atoms with E-state index in [1.165, 1.54) is 0 Å². The molecule has 0 aliphatic rings. The molecular weight excluding hydrogens is 458 g/mol. The molecule has 0 radical (unpaired) electrons. The number of nitrogens with two attached hydrogens (primary N) is 2. The number of unbranched alkanes of at least 4 members (excludes halogenated alkanes) is 1. The highest BCUT2D eigenvalue weighted by Gasteiger charge is 2.34. The predicted octanol–water partition coefficient (Wildman–Crippen LogP) is -0.0613. The Hall–Kier alpha value is -2.73. The molecule has 0 aliphatic carbocycles. The van der Waals surface area contributed by atoms with Crippen molar-refractivity contribution in [1.29, 1.82) is 0 Å². The molecule has 0 saturated carbocycles. The minimum absolute atomic E-state index is 0.266. The molecule has 0 saturated heterocycles. The van der Waals surface area contributed by atoms with Crippen LogP contribution in [0.3, 0.4) is 0 Å². The first kappa shape index (κ1) is 32.3. The number of amides is 3. The van der Waals surface area contributed by atoms with E-state index in [-0.39, 0.29) is 18.3 Å². The summed E-state index contributed by atoms with van der Waals surface area (Å²) in [5, 5.41) is 25.9. The van der Waals surface area contributed by atoms with Crippen molar-refractivity contribution in [2.24, 2.45) is 23.3 Å². The molecule has 0 aromatic heterocycles. The molecule has 0 spiro atoms. The lowest BCUT2D eigenvalue weighted by Gasteiger charge is -2.30. The molecule has 6 atom stereocenters. The second-order valence-electron chi connectivity index (χ2n) is 8.97. The molecule has 0 aromatic rings. The highest BCUT2D eigenvalue weighted by Crippen LogP contribution is 2.13. The maximum atomic E-state index is 13.2. The SMILES string of the molecule is CCC(C)C(NC(=O)C(N)CCCCN)C(=O)NC(C(=O)NC(CCC(=O)O)C(=O)O)C(C)CC. The van der Waals surface area contributed by atoms with Gasteiger partial charge in [-0.1, -0.05) is 47.0 Å². The first-order chi connectivity index (χ1) is 16.4. The number of carboxylic acids is 2. The molecular formula is C23H43N5O7. The van der Waals surface area contributed by atoms with Gasteiger partial charge in [0, 0.05) is 6.42 Å². The smallest absolute Gasteiger partial charge is 0.326 e. The van der Waals surface area contributed by atoms with Crippen molar-refractivity contribution < 1.29 is 34.2 Å². The molecule has 0 rings (SSSR count). The highest BCUT2D eigenvalue weighted by molar-refractivity contribution is 5.94. The molecule has 0 bridgehead atoms. The van der Waals surface area contributed by atoms with Crippen LogP contribution in [0.15, 0.2) is 0 Å². The Bertz CT molecular complexity index is 718. The number of carbonyl (C=O) groups excluding carboxylic acids is 3. The Kier molecular flexibility index (Phi) is 15.5. The van der Waals surface area contributed by atoms with Crippen molar-refractivity contribution in [2.75, 3.05) is 6.54 Å². The summed E-state index contributed by atoms with van der Waals surface area (Å²) in [5.74, 6) is -4.99. The van der Waals surface area contributed by atoms with Gasteiger partial charge in [0.15, 0.2) is 0 Å². The fourth-order valence-electron chi connectivity index (χ4n) is 3.33. The van der Waals surface area contributed by atoms with Gasteiger partial charge in [-0.2, -0.15) is 0 Å². The summed E-state index contributed by atoms with van der Waals surface area (Å²) in [7, 11) is 0. The van der Waals surface area contributed by atoms with Gasteiger partial charge >= 0.3 is 11.9 Å². The lowest BCUT2D eigenvalue weighted by molar-refractivity contribution is -0.143. The summed E-state index contributed by atoms with van der Waals surface area (Å²) in [4.78, 5) is 61.0. The molecule has 12 heteroatoms. The Labute approximate surface area is 206 Å². The van der Waals surface area contributed by atoms with E-state index in [0.29, 0.717) is 32.2 Å². The van der Waals surface area contributed by atoms with E-state index in [2.05, 4.69) is 16.0 Å². The van der Waals surface area contributed by atoms with Crippen LogP contribution in [-0.2, 0) is 24.0 Å². The Morgan fingerprint density at radius 1 is 0.771 bits per heavy atom. The third kappa shape index (κ3) is 12.0. The van der Waals surface area contributed by atoms with Crippen LogP contribution in [0.25, 0.3) is 0 Å². The van der Waals surface area contributed by atoms with Crippen LogP contribution in [0.2, 0.25) is 0 Å². The average Bonchev–Trinajstić information content (AvgIpc) is 2.81. The molecule has 0 aromatic carbocycles. The second kappa shape index (κ2) is 16.8. The minimum atomic E-state index is -1.42. The van der Waals surface area contributed by atoms with Crippen LogP contribution in [0.4, 0.5) is 0 Å². The summed E-state index contributed by atoms with van der Waals surface area (Å²) in [6, 6.07) is -4.26. The second-order valence-corrected chi connectivity index (χ2v) is 8.97. The number of rotatable bonds is 18. The van der Waals surface area contributed by atoms with E-state index in [1.54, 1.807) is 13.8 Å². The third-order valence-electron chi connectivity index (χ3n) is 6.15. The van der Waals surface area contributed by atoms with Crippen molar-refractivity contribution in [2.45, 2.75) is 96.8 Å². The first-order valence-electron chi connectivity index (χ1n) is 12.2. The molecule has 9 N–H and O–H groups in total. The van der Waals surface area contributed by atoms with Gasteiger partial charge < -0.3 is 37.6 Å². The number of carboxylic acid groups (broad SMARTS) is 2. The summed E-state index contributed by atoms with van der Waals surface area (Å²) in [5.41, 5.74) is 11.4. The lowest BCUT2D eigenvalue weighted by atomic mass is 9.94. The zero-order valence-corrected chi connectivity index (χ0v) is 21.2. The topological polar surface area (TPSA) is 214 Å². The fourth-order valence-corrected chi connectivity index (χ4v) is 3.33. The van der Waals surface area contributed by atoms with Crippen LogP contribution < -0.4 is 27.4 Å². The summed E-state index contributed by atoms with van der Waals surface area (Å²) in [6.45, 7) is 7.67. The van der Waals surface area contributed by atoms with E-state index < -0.39 is 60.2 Å². The molecule has 0 aliphatic heterocycles. The molecule has 202 valence electrons. The van der Waals surface area contributed by atoms with Crippen LogP contribution in [0, 0.1) is 11.8 Å². The van der Waals surface area contributed by atoms with Gasteiger partial charge in [0.25, 0.3) is 0 Å². The van der Waals surface area contributed by atoms with Crippen molar-refractivity contribution in [3.63, 3.8) is 0 Å². The maximum Gasteiger partial charge on any atom is 0.326 e. The zero-order valence-electron chi connectivity index (χ0n) is 21.2. The van der Waals surface area contributed by atoms with Gasteiger partial charge in [-0.15, -0.1) is 0 Å². The Balaban J connectivity index is 5.53. The van der Waals surface area contributed by atoms with Gasteiger partial charge in [0.1, 0.15) is 18.1 Å². The summed E-state index contributed by atoms with van der Waals surface area (Å²) in [6.07, 6.45) is 2.15. The number of carbonyl (C=O) groups is 5. The molecule has 0 fully saturated rings. The maximum absolute atomic E-state index is 13.2. The number of hydrogen-bond donors (Lipinski definition) is 7. The van der Waals surface area contributed by atoms with Crippen LogP contribution in [0.5, 0.6) is 0 Å². The van der Waals surface area contributed by atoms with E-state index in [9.17, 15) is 29.1 Å². The number of hydrogen-bond acceptors (Lipinski definition) is 7. The van der Waals surface area contributed by atoms with Crippen molar-refractivity contribution >= 4 is 29.7 Å². The number of nitrogens with one attached hydrogen (secondary N) is 3. The standard InChI is InChI=1S/C23H43N5O7/c1-5-13(3)18(21(32)26-16(23(34)35)10-11-17(29)30)28-22(33)19(14(4)6-2)27-20(31)15(25)9-7-8-12-24/h13-16,18-19H,5-12,24-25H2,1-4H3,(H,26,32)(H,27,31)(H,28,33)(H,29,30)(H,34,35). The fraction of sp³-hybridized carbons (Fsp3) is 0.783. The molecule has 12 nitrogen and oxygen atoms in total. The quantitative estimate of drug-likeness (QED) is 0.125. The van der Waals surface area contributed by atoms with Crippen LogP contribution in [0.1, 0.15) is 72.6 Å². The van der Waals surface area contributed by atoms with Crippen molar-refractivity contribution in [3.8, 4) is 0 Å². The summed E-state index contributed by atoms with van der Waals surface area (Å²) >= 11 is 0. The Morgan fingerprint density at radius 2 is 1.26 bits per heavy atom. The highest BCUT2D eigenvalue weighted by atomic mass is 16.4. The van der Waals surface area contributed by atoms with Crippen molar-refractivity contribution in [1.82, 2.24) is 16.0 Å². The van der Waals surface area contributed by atoms with E-state index >= 15 is 0 Å². The van der Waals surface area contributed by atoms with E-state index in [0.717, 1.165) is 6.42 Å². The lowest BCUT2D eigenvalue weighted by Crippen LogP contribution is -2.60. The third-order valence-corrected chi connectivity index (χ3v) is 6.15. The van der Waals surface area contributed by atoms with E-state index in [1.807, 2.05) is 13.8 Å². The van der Waals surface area contributed by atoms with E-state index in [4.69, 9.17) is 16.6 Å². The Morgan fingerprint density at radius 3 is 1.69 bits per heavy atom. The average molecular weight is 502 g/mol. The monoisotopic (exact) mass is 501 g/mol. The molecule has 0 heterocycles. The zero-order chi connectivity index (χ0) is 27.1.